The fourth-order valence-corrected chi connectivity index (χ4v) is 2.56. The maximum atomic E-state index is 13.0. The van der Waals surface area contributed by atoms with Gasteiger partial charge < -0.3 is 10.1 Å². The number of hydrogen-bond donors (Lipinski definition) is 2. The molecule has 0 radical (unpaired) electrons. The lowest BCUT2D eigenvalue weighted by Gasteiger charge is -2.29. The van der Waals surface area contributed by atoms with Crippen molar-refractivity contribution in [3.8, 4) is 0 Å². The van der Waals surface area contributed by atoms with E-state index in [1.54, 1.807) is 0 Å². The van der Waals surface area contributed by atoms with Crippen molar-refractivity contribution in [2.45, 2.75) is 44.2 Å². The highest BCUT2D eigenvalue weighted by Gasteiger charge is 2.42. The Hall–Kier alpha value is -0.750. The van der Waals surface area contributed by atoms with Gasteiger partial charge in [-0.1, -0.05) is 0 Å². The number of hydrogen-bond acceptors (Lipinski definition) is 3. The summed E-state index contributed by atoms with van der Waals surface area (Å²) < 4.78 is 31.2. The lowest BCUT2D eigenvalue weighted by atomic mass is 9.92. The number of halogens is 2. The smallest absolute Gasteiger partial charge is 0.262 e. The molecule has 2 fully saturated rings. The first-order chi connectivity index (χ1) is 8.48. The Bertz CT molecular complexity index is 306. The molecule has 2 aliphatic heterocycles. The zero-order valence-electron chi connectivity index (χ0n) is 10.5. The maximum absolute atomic E-state index is 13.0. The molecule has 2 N–H and O–H groups in total. The third-order valence-electron chi connectivity index (χ3n) is 3.77. The standard InChI is InChI=1S/C12H20F2N2O2/c1-8(9-2-4-18-5-3-9)16-11(17)10-6-12(13,14)7-15-10/h8-10,15H,2-7H2,1H3,(H,16,17). The van der Waals surface area contributed by atoms with Gasteiger partial charge in [-0.25, -0.2) is 8.78 Å². The zero-order chi connectivity index (χ0) is 13.2. The minimum atomic E-state index is -2.76. The number of ether oxygens (including phenoxy) is 1. The van der Waals surface area contributed by atoms with Crippen molar-refractivity contribution >= 4 is 5.91 Å². The van der Waals surface area contributed by atoms with Gasteiger partial charge >= 0.3 is 0 Å². The monoisotopic (exact) mass is 262 g/mol. The Morgan fingerprint density at radius 1 is 1.44 bits per heavy atom. The van der Waals surface area contributed by atoms with Gasteiger partial charge in [0.15, 0.2) is 0 Å². The van der Waals surface area contributed by atoms with E-state index in [1.807, 2.05) is 6.92 Å². The van der Waals surface area contributed by atoms with Crippen molar-refractivity contribution in [3.63, 3.8) is 0 Å². The summed E-state index contributed by atoms with van der Waals surface area (Å²) in [6.45, 7) is 2.95. The number of alkyl halides is 2. The first kappa shape index (κ1) is 13.7. The number of rotatable bonds is 3. The van der Waals surface area contributed by atoms with Crippen molar-refractivity contribution in [3.05, 3.63) is 0 Å². The van der Waals surface area contributed by atoms with Crippen molar-refractivity contribution in [1.82, 2.24) is 10.6 Å². The van der Waals surface area contributed by atoms with Crippen molar-refractivity contribution in [2.75, 3.05) is 19.8 Å². The molecular formula is C12H20F2N2O2. The average Bonchev–Trinajstić information content (AvgIpc) is 2.71. The Morgan fingerprint density at radius 3 is 2.67 bits per heavy atom. The molecule has 2 saturated heterocycles. The van der Waals surface area contributed by atoms with Crippen LogP contribution >= 0.6 is 0 Å². The Labute approximate surface area is 105 Å². The summed E-state index contributed by atoms with van der Waals surface area (Å²) in [4.78, 5) is 11.8. The second-order valence-electron chi connectivity index (χ2n) is 5.24. The molecule has 2 aliphatic rings. The fraction of sp³-hybridized carbons (Fsp3) is 0.917. The van der Waals surface area contributed by atoms with Gasteiger partial charge in [-0.15, -0.1) is 0 Å². The van der Waals surface area contributed by atoms with Crippen LogP contribution in [0.4, 0.5) is 8.78 Å². The van der Waals surface area contributed by atoms with Crippen LogP contribution in [0.15, 0.2) is 0 Å². The van der Waals surface area contributed by atoms with Gasteiger partial charge in [-0.05, 0) is 25.7 Å². The normalized spacial score (nSPS) is 30.1. The lowest BCUT2D eigenvalue weighted by Crippen LogP contribution is -2.47. The molecule has 1 amide bonds. The summed E-state index contributed by atoms with van der Waals surface area (Å²) >= 11 is 0. The van der Waals surface area contributed by atoms with Gasteiger partial charge in [0.05, 0.1) is 12.6 Å². The molecule has 0 saturated carbocycles. The predicted molar refractivity (Wildman–Crippen MR) is 62.5 cm³/mol. The molecule has 0 aromatic heterocycles. The third-order valence-corrected chi connectivity index (χ3v) is 3.77. The molecule has 104 valence electrons. The van der Waals surface area contributed by atoms with Gasteiger partial charge in [0.1, 0.15) is 0 Å². The van der Waals surface area contributed by atoms with Crippen LogP contribution in [0.2, 0.25) is 0 Å². The highest BCUT2D eigenvalue weighted by Crippen LogP contribution is 2.25. The van der Waals surface area contributed by atoms with E-state index in [2.05, 4.69) is 10.6 Å². The van der Waals surface area contributed by atoms with Gasteiger partial charge in [0.25, 0.3) is 5.92 Å². The molecule has 0 aromatic carbocycles. The summed E-state index contributed by atoms with van der Waals surface area (Å²) in [5, 5.41) is 5.41. The van der Waals surface area contributed by atoms with Crippen LogP contribution in [0.5, 0.6) is 0 Å². The van der Waals surface area contributed by atoms with Crippen LogP contribution in [0.25, 0.3) is 0 Å². The van der Waals surface area contributed by atoms with Gasteiger partial charge in [0, 0.05) is 25.7 Å². The summed E-state index contributed by atoms with van der Waals surface area (Å²) in [5.41, 5.74) is 0. The second kappa shape index (κ2) is 5.48. The van der Waals surface area contributed by atoms with Crippen LogP contribution in [-0.4, -0.2) is 43.7 Å². The molecule has 2 rings (SSSR count). The quantitative estimate of drug-likeness (QED) is 0.795. The minimum absolute atomic E-state index is 0.0115. The van der Waals surface area contributed by atoms with E-state index >= 15 is 0 Å². The highest BCUT2D eigenvalue weighted by molar-refractivity contribution is 5.82. The molecule has 18 heavy (non-hydrogen) atoms. The highest BCUT2D eigenvalue weighted by atomic mass is 19.3. The van der Waals surface area contributed by atoms with Crippen molar-refractivity contribution in [2.24, 2.45) is 5.92 Å². The van der Waals surface area contributed by atoms with E-state index in [9.17, 15) is 13.6 Å². The summed E-state index contributed by atoms with van der Waals surface area (Å²) in [5.74, 6) is -2.69. The van der Waals surface area contributed by atoms with Crippen molar-refractivity contribution < 1.29 is 18.3 Å². The Morgan fingerprint density at radius 2 is 2.11 bits per heavy atom. The van der Waals surface area contributed by atoms with Gasteiger partial charge in [0.2, 0.25) is 5.91 Å². The second-order valence-corrected chi connectivity index (χ2v) is 5.24. The van der Waals surface area contributed by atoms with Crippen molar-refractivity contribution in [1.29, 1.82) is 0 Å². The molecule has 2 heterocycles. The minimum Gasteiger partial charge on any atom is -0.381 e. The molecule has 0 aromatic rings. The van der Waals surface area contributed by atoms with Crippen LogP contribution in [0, 0.1) is 5.92 Å². The van der Waals surface area contributed by atoms with E-state index in [0.717, 1.165) is 12.8 Å². The summed E-state index contributed by atoms with van der Waals surface area (Å²) in [6, 6.07) is -0.750. The molecule has 4 nitrogen and oxygen atoms in total. The van der Waals surface area contributed by atoms with E-state index in [4.69, 9.17) is 4.74 Å². The average molecular weight is 262 g/mol. The number of carbonyl (C=O) groups is 1. The van der Waals surface area contributed by atoms with E-state index in [-0.39, 0.29) is 11.9 Å². The zero-order valence-corrected chi connectivity index (χ0v) is 10.5. The predicted octanol–water partition coefficient (Wildman–Crippen LogP) is 0.915. The van der Waals surface area contributed by atoms with Crippen LogP contribution in [0.3, 0.4) is 0 Å². The first-order valence-corrected chi connectivity index (χ1v) is 6.47. The van der Waals surface area contributed by atoms with Gasteiger partial charge in [-0.3, -0.25) is 10.1 Å². The molecule has 0 bridgehead atoms. The number of amides is 1. The maximum Gasteiger partial charge on any atom is 0.262 e. The molecule has 6 heteroatoms. The molecule has 2 atom stereocenters. The van der Waals surface area contributed by atoms with E-state index < -0.39 is 24.9 Å². The SMILES string of the molecule is CC(NC(=O)C1CC(F)(F)CN1)C1CCOCC1. The molecule has 2 unspecified atom stereocenters. The summed E-state index contributed by atoms with van der Waals surface area (Å²) in [6.07, 6.45) is 1.42. The number of carbonyl (C=O) groups excluding carboxylic acids is 1. The van der Waals surface area contributed by atoms with Crippen LogP contribution in [0.1, 0.15) is 26.2 Å². The largest absolute Gasteiger partial charge is 0.381 e. The lowest BCUT2D eigenvalue weighted by molar-refractivity contribution is -0.124. The van der Waals surface area contributed by atoms with E-state index in [1.165, 1.54) is 0 Å². The number of nitrogens with one attached hydrogen (secondary N) is 2. The van der Waals surface area contributed by atoms with Crippen LogP contribution < -0.4 is 10.6 Å². The third kappa shape index (κ3) is 3.38. The Kier molecular flexibility index (Phi) is 4.17. The Balaban J connectivity index is 1.80. The van der Waals surface area contributed by atoms with Gasteiger partial charge in [-0.2, -0.15) is 0 Å². The molecule has 0 spiro atoms. The fourth-order valence-electron chi connectivity index (χ4n) is 2.56. The summed E-state index contributed by atoms with van der Waals surface area (Å²) in [7, 11) is 0. The first-order valence-electron chi connectivity index (χ1n) is 6.47. The van der Waals surface area contributed by atoms with E-state index in [0.29, 0.717) is 19.1 Å². The molecule has 0 aliphatic carbocycles. The topological polar surface area (TPSA) is 50.4 Å². The van der Waals surface area contributed by atoms with Crippen LogP contribution in [-0.2, 0) is 9.53 Å². The molecular weight excluding hydrogens is 242 g/mol.